The summed E-state index contributed by atoms with van der Waals surface area (Å²) in [5.74, 6) is 0.219. The fourth-order valence-corrected chi connectivity index (χ4v) is 3.89. The molecule has 4 rings (SSSR count). The van der Waals surface area contributed by atoms with E-state index in [0.717, 1.165) is 19.3 Å². The number of rotatable bonds is 4. The first-order valence-electron chi connectivity index (χ1n) is 8.75. The van der Waals surface area contributed by atoms with E-state index in [1.807, 2.05) is 0 Å². The smallest absolute Gasteiger partial charge is 0.261 e. The zero-order valence-electron chi connectivity index (χ0n) is 14.2. The van der Waals surface area contributed by atoms with Crippen molar-refractivity contribution in [1.29, 1.82) is 0 Å². The van der Waals surface area contributed by atoms with Gasteiger partial charge in [-0.3, -0.25) is 19.5 Å². The Balaban J connectivity index is 1.30. The second-order valence-corrected chi connectivity index (χ2v) is 6.67. The first-order valence-corrected chi connectivity index (χ1v) is 8.75. The Bertz CT molecular complexity index is 698. The molecule has 0 aromatic heterocycles. The Labute approximate surface area is 146 Å². The van der Waals surface area contributed by atoms with Gasteiger partial charge in [0, 0.05) is 20.1 Å². The highest BCUT2D eigenvalue weighted by Crippen LogP contribution is 2.34. The molecular weight excluding hydrogens is 320 g/mol. The van der Waals surface area contributed by atoms with Crippen LogP contribution in [0.3, 0.4) is 0 Å². The number of fused-ring (bicyclic) bond motifs is 3. The van der Waals surface area contributed by atoms with E-state index in [4.69, 9.17) is 4.74 Å². The van der Waals surface area contributed by atoms with E-state index in [1.165, 1.54) is 4.90 Å². The van der Waals surface area contributed by atoms with E-state index in [9.17, 15) is 9.59 Å². The molecule has 2 saturated heterocycles. The fourth-order valence-electron chi connectivity index (χ4n) is 3.89. The summed E-state index contributed by atoms with van der Waals surface area (Å²) in [6.45, 7) is 0.757. The van der Waals surface area contributed by atoms with Crippen LogP contribution < -0.4 is 10.6 Å². The minimum Gasteiger partial charge on any atom is -0.373 e. The van der Waals surface area contributed by atoms with Gasteiger partial charge in [0.25, 0.3) is 11.8 Å². The van der Waals surface area contributed by atoms with Gasteiger partial charge >= 0.3 is 0 Å². The van der Waals surface area contributed by atoms with Crippen molar-refractivity contribution in [3.63, 3.8) is 0 Å². The average Bonchev–Trinajstić information content (AvgIpc) is 3.31. The normalized spacial score (nSPS) is 27.8. The molecule has 3 aliphatic rings. The molecular formula is C18H22N4O3. The van der Waals surface area contributed by atoms with Crippen LogP contribution in [-0.4, -0.2) is 61.1 Å². The van der Waals surface area contributed by atoms with Gasteiger partial charge in [-0.05, 0) is 31.4 Å². The minimum absolute atomic E-state index is 0.230. The number of nitrogens with one attached hydrogen (secondary N) is 2. The Morgan fingerprint density at radius 1 is 1.24 bits per heavy atom. The quantitative estimate of drug-likeness (QED) is 0.480. The topological polar surface area (TPSA) is 83.0 Å². The van der Waals surface area contributed by atoms with Crippen LogP contribution in [0.15, 0.2) is 29.3 Å². The van der Waals surface area contributed by atoms with Crippen molar-refractivity contribution in [2.75, 3.05) is 20.1 Å². The number of nitrogens with zero attached hydrogens (tertiary/aromatic N) is 2. The number of hydrogen-bond acceptors (Lipinski definition) is 4. The predicted octanol–water partition coefficient (Wildman–Crippen LogP) is 0.767. The standard InChI is InChI=1S/C18H22N4O3/c1-19-18(21-14-10-11-6-7-15(14)25-11)20-8-9-22-16(23)12-4-2-3-5-13(12)17(22)24/h2-5,11,14-15H,6-10H2,1H3,(H2,19,20,21). The number of guanidine groups is 1. The summed E-state index contributed by atoms with van der Waals surface area (Å²) in [4.78, 5) is 30.2. The molecule has 132 valence electrons. The molecule has 0 aliphatic carbocycles. The Morgan fingerprint density at radius 2 is 1.96 bits per heavy atom. The van der Waals surface area contributed by atoms with Gasteiger partial charge in [-0.1, -0.05) is 12.1 Å². The Hall–Kier alpha value is -2.41. The number of aliphatic imine (C=N–C) groups is 1. The maximum Gasteiger partial charge on any atom is 0.261 e. The van der Waals surface area contributed by atoms with Crippen LogP contribution in [-0.2, 0) is 4.74 Å². The summed E-state index contributed by atoms with van der Waals surface area (Å²) >= 11 is 0. The number of benzene rings is 1. The zero-order valence-corrected chi connectivity index (χ0v) is 14.2. The first kappa shape index (κ1) is 16.1. The molecule has 1 aromatic rings. The van der Waals surface area contributed by atoms with Crippen LogP contribution in [0.2, 0.25) is 0 Å². The summed E-state index contributed by atoms with van der Waals surface area (Å²) in [6.07, 6.45) is 3.88. The monoisotopic (exact) mass is 342 g/mol. The maximum atomic E-state index is 12.3. The summed E-state index contributed by atoms with van der Waals surface area (Å²) in [5, 5.41) is 6.58. The van der Waals surface area contributed by atoms with Gasteiger partial charge in [-0.15, -0.1) is 0 Å². The third kappa shape index (κ3) is 2.89. The van der Waals surface area contributed by atoms with Crippen LogP contribution in [0.25, 0.3) is 0 Å². The highest BCUT2D eigenvalue weighted by atomic mass is 16.5. The third-order valence-electron chi connectivity index (χ3n) is 5.16. The lowest BCUT2D eigenvalue weighted by molar-refractivity contribution is 0.0657. The van der Waals surface area contributed by atoms with Crippen molar-refractivity contribution in [2.24, 2.45) is 4.99 Å². The number of carbonyl (C=O) groups is 2. The lowest BCUT2D eigenvalue weighted by Gasteiger charge is -2.23. The van der Waals surface area contributed by atoms with Crippen LogP contribution in [0.1, 0.15) is 40.0 Å². The lowest BCUT2D eigenvalue weighted by atomic mass is 9.96. The molecule has 7 nitrogen and oxygen atoms in total. The van der Waals surface area contributed by atoms with Gasteiger partial charge in [-0.25, -0.2) is 0 Å². The van der Waals surface area contributed by atoms with Crippen molar-refractivity contribution < 1.29 is 14.3 Å². The van der Waals surface area contributed by atoms with Crippen molar-refractivity contribution >= 4 is 17.8 Å². The molecule has 0 spiro atoms. The number of hydrogen-bond donors (Lipinski definition) is 2. The molecule has 2 N–H and O–H groups in total. The highest BCUT2D eigenvalue weighted by molar-refractivity contribution is 6.21. The van der Waals surface area contributed by atoms with E-state index < -0.39 is 0 Å². The SMILES string of the molecule is CN=C(NCCN1C(=O)c2ccccc2C1=O)NC1CC2CCC1O2. The second kappa shape index (κ2) is 6.48. The maximum absolute atomic E-state index is 12.3. The van der Waals surface area contributed by atoms with Crippen LogP contribution in [0.4, 0.5) is 0 Å². The van der Waals surface area contributed by atoms with Crippen LogP contribution in [0.5, 0.6) is 0 Å². The van der Waals surface area contributed by atoms with E-state index in [2.05, 4.69) is 15.6 Å². The van der Waals surface area contributed by atoms with E-state index in [0.29, 0.717) is 36.3 Å². The molecule has 0 saturated carbocycles. The summed E-state index contributed by atoms with van der Waals surface area (Å²) in [7, 11) is 1.71. The van der Waals surface area contributed by atoms with Gasteiger partial charge in [-0.2, -0.15) is 0 Å². The zero-order chi connectivity index (χ0) is 17.4. The molecule has 2 fully saturated rings. The molecule has 3 heterocycles. The van der Waals surface area contributed by atoms with Gasteiger partial charge in [0.1, 0.15) is 0 Å². The molecule has 7 heteroatoms. The number of ether oxygens (including phenoxy) is 1. The lowest BCUT2D eigenvalue weighted by Crippen LogP contribution is -2.49. The molecule has 0 radical (unpaired) electrons. The third-order valence-corrected chi connectivity index (χ3v) is 5.16. The molecule has 3 unspecified atom stereocenters. The summed E-state index contributed by atoms with van der Waals surface area (Å²) < 4.78 is 5.84. The van der Waals surface area contributed by atoms with Crippen molar-refractivity contribution in [3.8, 4) is 0 Å². The van der Waals surface area contributed by atoms with Gasteiger partial charge in [0.05, 0.1) is 29.4 Å². The first-order chi connectivity index (χ1) is 12.2. The van der Waals surface area contributed by atoms with Crippen molar-refractivity contribution in [3.05, 3.63) is 35.4 Å². The van der Waals surface area contributed by atoms with E-state index in [1.54, 1.807) is 31.3 Å². The van der Waals surface area contributed by atoms with Crippen molar-refractivity contribution in [2.45, 2.75) is 37.5 Å². The summed E-state index contributed by atoms with van der Waals surface area (Å²) in [5.41, 5.74) is 0.961. The molecule has 2 bridgehead atoms. The van der Waals surface area contributed by atoms with E-state index >= 15 is 0 Å². The second-order valence-electron chi connectivity index (χ2n) is 6.67. The average molecular weight is 342 g/mol. The molecule has 25 heavy (non-hydrogen) atoms. The predicted molar refractivity (Wildman–Crippen MR) is 92.6 cm³/mol. The summed E-state index contributed by atoms with van der Waals surface area (Å²) in [6, 6.07) is 7.21. The Morgan fingerprint density at radius 3 is 2.52 bits per heavy atom. The largest absolute Gasteiger partial charge is 0.373 e. The van der Waals surface area contributed by atoms with Crippen LogP contribution in [0, 0.1) is 0 Å². The highest BCUT2D eigenvalue weighted by Gasteiger charge is 2.41. The molecule has 2 amide bonds. The fraction of sp³-hybridized carbons (Fsp3) is 0.500. The van der Waals surface area contributed by atoms with Gasteiger partial charge in [0.15, 0.2) is 5.96 Å². The Kier molecular flexibility index (Phi) is 4.17. The molecule has 3 aliphatic heterocycles. The molecule has 1 aromatic carbocycles. The number of imide groups is 1. The van der Waals surface area contributed by atoms with Gasteiger partial charge < -0.3 is 15.4 Å². The molecule has 3 atom stereocenters. The number of carbonyl (C=O) groups excluding carboxylic acids is 2. The number of amides is 2. The van der Waals surface area contributed by atoms with E-state index in [-0.39, 0.29) is 24.0 Å². The minimum atomic E-state index is -0.230. The van der Waals surface area contributed by atoms with Gasteiger partial charge in [0.2, 0.25) is 0 Å². The van der Waals surface area contributed by atoms with Crippen molar-refractivity contribution in [1.82, 2.24) is 15.5 Å². The van der Waals surface area contributed by atoms with Crippen LogP contribution >= 0.6 is 0 Å².